The Hall–Kier alpha value is -3.80. The molecular weight excluding hydrogens is 354 g/mol. The molecule has 1 heterocycles. The third-order valence-corrected chi connectivity index (χ3v) is 4.24. The maximum Gasteiger partial charge on any atom is 0.259 e. The lowest BCUT2D eigenvalue weighted by atomic mass is 10.1. The summed E-state index contributed by atoms with van der Waals surface area (Å²) in [5.74, 6) is -0.699. The average molecular weight is 373 g/mol. The van der Waals surface area contributed by atoms with E-state index >= 15 is 0 Å². The maximum atomic E-state index is 12.7. The van der Waals surface area contributed by atoms with Crippen LogP contribution in [0.25, 0.3) is 0 Å². The molecule has 0 aliphatic rings. The molecule has 0 saturated heterocycles. The normalized spacial score (nSPS) is 10.2. The van der Waals surface area contributed by atoms with Crippen molar-refractivity contribution >= 4 is 29.0 Å². The van der Waals surface area contributed by atoms with Gasteiger partial charge in [0.05, 0.1) is 11.1 Å². The largest absolute Gasteiger partial charge is 0.322 e. The summed E-state index contributed by atoms with van der Waals surface area (Å²) in [7, 11) is 1.67. The van der Waals surface area contributed by atoms with E-state index in [4.69, 9.17) is 0 Å². The molecule has 6 nitrogen and oxygen atoms in total. The van der Waals surface area contributed by atoms with Gasteiger partial charge in [-0.2, -0.15) is 0 Å². The second kappa shape index (κ2) is 8.26. The highest BCUT2D eigenvalue weighted by Gasteiger charge is 2.16. The first-order valence-corrected chi connectivity index (χ1v) is 8.66. The van der Waals surface area contributed by atoms with Gasteiger partial charge in [0.15, 0.2) is 5.78 Å². The molecule has 140 valence electrons. The zero-order chi connectivity index (χ0) is 20.1. The molecule has 0 atom stereocenters. The highest BCUT2D eigenvalue weighted by molar-refractivity contribution is 6.09. The van der Waals surface area contributed by atoms with Crippen molar-refractivity contribution in [3.8, 4) is 0 Å². The highest BCUT2D eigenvalue weighted by Crippen LogP contribution is 2.16. The fourth-order valence-corrected chi connectivity index (χ4v) is 2.64. The molecule has 1 aromatic heterocycles. The Morgan fingerprint density at radius 1 is 0.857 bits per heavy atom. The van der Waals surface area contributed by atoms with Gasteiger partial charge in [0.2, 0.25) is 0 Å². The molecule has 0 aliphatic carbocycles. The Bertz CT molecular complexity index is 1010. The number of amides is 2. The van der Waals surface area contributed by atoms with Gasteiger partial charge in [0.25, 0.3) is 11.8 Å². The summed E-state index contributed by atoms with van der Waals surface area (Å²) in [5, 5.41) is 2.74. The van der Waals surface area contributed by atoms with Gasteiger partial charge in [-0.05, 0) is 49.4 Å². The number of para-hydroxylation sites is 1. The van der Waals surface area contributed by atoms with E-state index in [0.29, 0.717) is 16.8 Å². The number of carbonyl (C=O) groups excluding carboxylic acids is 3. The Morgan fingerprint density at radius 3 is 2.14 bits per heavy atom. The topological polar surface area (TPSA) is 79.4 Å². The Kier molecular flexibility index (Phi) is 5.60. The minimum Gasteiger partial charge on any atom is -0.322 e. The predicted octanol–water partition coefficient (Wildman–Crippen LogP) is 3.81. The van der Waals surface area contributed by atoms with Crippen molar-refractivity contribution in [3.63, 3.8) is 0 Å². The number of aromatic nitrogens is 1. The summed E-state index contributed by atoms with van der Waals surface area (Å²) in [4.78, 5) is 42.1. The Morgan fingerprint density at radius 2 is 1.50 bits per heavy atom. The molecule has 3 rings (SSSR count). The van der Waals surface area contributed by atoms with E-state index < -0.39 is 0 Å². The fraction of sp³-hybridized carbons (Fsp3) is 0.0909. The first-order chi connectivity index (χ1) is 13.5. The van der Waals surface area contributed by atoms with E-state index in [1.54, 1.807) is 31.3 Å². The predicted molar refractivity (Wildman–Crippen MR) is 108 cm³/mol. The van der Waals surface area contributed by atoms with Crippen molar-refractivity contribution in [1.82, 2.24) is 4.98 Å². The van der Waals surface area contributed by atoms with Gasteiger partial charge in [-0.15, -0.1) is 0 Å². The van der Waals surface area contributed by atoms with E-state index in [0.717, 1.165) is 5.69 Å². The molecule has 6 heteroatoms. The smallest absolute Gasteiger partial charge is 0.259 e. The van der Waals surface area contributed by atoms with Crippen molar-refractivity contribution in [1.29, 1.82) is 0 Å². The van der Waals surface area contributed by atoms with Crippen LogP contribution in [0.4, 0.5) is 11.4 Å². The summed E-state index contributed by atoms with van der Waals surface area (Å²) < 4.78 is 0. The SMILES string of the molecule is CC(=O)c1ccc(NC(=O)c2cncc(C(=O)N(C)c3ccccc3)c2)cc1. The molecule has 3 aromatic rings. The van der Waals surface area contributed by atoms with Crippen molar-refractivity contribution in [3.05, 3.63) is 89.7 Å². The quantitative estimate of drug-likeness (QED) is 0.690. The number of nitrogens with one attached hydrogen (secondary N) is 1. The number of carbonyl (C=O) groups is 3. The number of Topliss-reactive ketones (excluding diaryl/α,β-unsaturated/α-hetero) is 1. The lowest BCUT2D eigenvalue weighted by Gasteiger charge is -2.17. The van der Waals surface area contributed by atoms with Gasteiger partial charge in [0, 0.05) is 36.4 Å². The van der Waals surface area contributed by atoms with Crippen LogP contribution in [-0.4, -0.2) is 29.6 Å². The van der Waals surface area contributed by atoms with Crippen LogP contribution in [0.15, 0.2) is 73.1 Å². The number of hydrogen-bond donors (Lipinski definition) is 1. The standard InChI is InChI=1S/C22H19N3O3/c1-15(26)16-8-10-19(11-9-16)24-21(27)17-12-18(14-23-13-17)22(28)25(2)20-6-4-3-5-7-20/h3-14H,1-2H3,(H,24,27). The van der Waals surface area contributed by atoms with Crippen LogP contribution < -0.4 is 10.2 Å². The van der Waals surface area contributed by atoms with Crippen LogP contribution in [0.1, 0.15) is 38.0 Å². The molecule has 0 saturated carbocycles. The molecule has 28 heavy (non-hydrogen) atoms. The highest BCUT2D eigenvalue weighted by atomic mass is 16.2. The van der Waals surface area contributed by atoms with E-state index in [2.05, 4.69) is 10.3 Å². The third-order valence-electron chi connectivity index (χ3n) is 4.24. The lowest BCUT2D eigenvalue weighted by Crippen LogP contribution is -2.26. The van der Waals surface area contributed by atoms with Crippen LogP contribution >= 0.6 is 0 Å². The molecule has 1 N–H and O–H groups in total. The summed E-state index contributed by atoms with van der Waals surface area (Å²) in [6.07, 6.45) is 2.83. The molecule has 0 radical (unpaired) electrons. The number of nitrogens with zero attached hydrogens (tertiary/aromatic N) is 2. The molecule has 0 spiro atoms. The second-order valence-corrected chi connectivity index (χ2v) is 6.25. The molecule has 2 aromatic carbocycles. The van der Waals surface area contributed by atoms with Gasteiger partial charge in [-0.25, -0.2) is 0 Å². The van der Waals surface area contributed by atoms with Gasteiger partial charge < -0.3 is 10.2 Å². The first-order valence-electron chi connectivity index (χ1n) is 8.66. The van der Waals surface area contributed by atoms with Gasteiger partial charge in [-0.1, -0.05) is 18.2 Å². The molecule has 0 bridgehead atoms. The first kappa shape index (κ1) is 19.0. The number of rotatable bonds is 5. The number of benzene rings is 2. The number of anilines is 2. The number of hydrogen-bond acceptors (Lipinski definition) is 4. The zero-order valence-corrected chi connectivity index (χ0v) is 15.5. The average Bonchev–Trinajstić information content (AvgIpc) is 2.73. The van der Waals surface area contributed by atoms with Crippen molar-refractivity contribution < 1.29 is 14.4 Å². The van der Waals surface area contributed by atoms with Gasteiger partial charge >= 0.3 is 0 Å². The molecular formula is C22H19N3O3. The summed E-state index contributed by atoms with van der Waals surface area (Å²) >= 11 is 0. The van der Waals surface area contributed by atoms with Crippen LogP contribution in [0.3, 0.4) is 0 Å². The number of ketones is 1. The maximum absolute atomic E-state index is 12.7. The Balaban J connectivity index is 1.76. The van der Waals surface area contributed by atoms with E-state index in [1.165, 1.54) is 30.3 Å². The van der Waals surface area contributed by atoms with E-state index in [-0.39, 0.29) is 23.2 Å². The summed E-state index contributed by atoms with van der Waals surface area (Å²) in [6, 6.07) is 17.3. The molecule has 2 amide bonds. The lowest BCUT2D eigenvalue weighted by molar-refractivity contribution is 0.0990. The van der Waals surface area contributed by atoms with Gasteiger partial charge in [0.1, 0.15) is 0 Å². The monoisotopic (exact) mass is 373 g/mol. The van der Waals surface area contributed by atoms with E-state index in [9.17, 15) is 14.4 Å². The van der Waals surface area contributed by atoms with Crippen LogP contribution in [0.5, 0.6) is 0 Å². The van der Waals surface area contributed by atoms with Gasteiger partial charge in [-0.3, -0.25) is 19.4 Å². The third kappa shape index (κ3) is 4.29. The van der Waals surface area contributed by atoms with Crippen LogP contribution in [-0.2, 0) is 0 Å². The van der Waals surface area contributed by atoms with Crippen molar-refractivity contribution in [2.45, 2.75) is 6.92 Å². The molecule has 0 unspecified atom stereocenters. The van der Waals surface area contributed by atoms with Crippen molar-refractivity contribution in [2.24, 2.45) is 0 Å². The molecule has 0 aliphatic heterocycles. The summed E-state index contributed by atoms with van der Waals surface area (Å²) in [6.45, 7) is 1.48. The van der Waals surface area contributed by atoms with Crippen LogP contribution in [0.2, 0.25) is 0 Å². The summed E-state index contributed by atoms with van der Waals surface area (Å²) in [5.41, 5.74) is 2.44. The number of pyridine rings is 1. The molecule has 0 fully saturated rings. The minimum absolute atomic E-state index is 0.0455. The second-order valence-electron chi connectivity index (χ2n) is 6.25. The zero-order valence-electron chi connectivity index (χ0n) is 15.5. The van der Waals surface area contributed by atoms with E-state index in [1.807, 2.05) is 30.3 Å². The van der Waals surface area contributed by atoms with Crippen molar-refractivity contribution in [2.75, 3.05) is 17.3 Å². The van der Waals surface area contributed by atoms with Crippen LogP contribution in [0, 0.1) is 0 Å². The fourth-order valence-electron chi connectivity index (χ4n) is 2.64. The Labute approximate surface area is 162 Å². The minimum atomic E-state index is -0.389.